The maximum atomic E-state index is 13.0. The molecule has 7 nitrogen and oxygen atoms in total. The Bertz CT molecular complexity index is 1310. The van der Waals surface area contributed by atoms with Crippen LogP contribution in [0.5, 0.6) is 0 Å². The Balaban J connectivity index is 1.46. The number of rotatable bonds is 5. The lowest BCUT2D eigenvalue weighted by molar-refractivity contribution is -0.119. The minimum Gasteiger partial charge on any atom is -0.452 e. The summed E-state index contributed by atoms with van der Waals surface area (Å²) in [7, 11) is 0. The fourth-order valence-corrected chi connectivity index (χ4v) is 3.67. The van der Waals surface area contributed by atoms with Gasteiger partial charge in [-0.15, -0.1) is 0 Å². The highest BCUT2D eigenvalue weighted by Crippen LogP contribution is 2.31. The first-order valence-corrected chi connectivity index (χ1v) is 10.4. The summed E-state index contributed by atoms with van der Waals surface area (Å²) in [4.78, 5) is 51.6. The van der Waals surface area contributed by atoms with Crippen LogP contribution < -0.4 is 10.2 Å². The van der Waals surface area contributed by atoms with Crippen LogP contribution in [-0.4, -0.2) is 30.3 Å². The number of fused-ring (bicyclic) bond motifs is 1. The van der Waals surface area contributed by atoms with Crippen LogP contribution in [0.1, 0.15) is 47.8 Å². The molecule has 3 aromatic rings. The van der Waals surface area contributed by atoms with Gasteiger partial charge in [-0.2, -0.15) is 0 Å². The predicted octanol–water partition coefficient (Wildman–Crippen LogP) is 4.21. The second kappa shape index (κ2) is 8.70. The van der Waals surface area contributed by atoms with E-state index in [4.69, 9.17) is 4.74 Å². The number of benzene rings is 3. The van der Waals surface area contributed by atoms with Gasteiger partial charge in [0.15, 0.2) is 6.61 Å². The third-order valence-electron chi connectivity index (χ3n) is 5.48. The first kappa shape index (κ1) is 22.0. The van der Waals surface area contributed by atoms with Gasteiger partial charge >= 0.3 is 5.97 Å². The largest absolute Gasteiger partial charge is 0.452 e. The van der Waals surface area contributed by atoms with Gasteiger partial charge in [-0.1, -0.05) is 30.3 Å². The summed E-state index contributed by atoms with van der Waals surface area (Å²) >= 11 is 0. The molecule has 3 aromatic carbocycles. The lowest BCUT2D eigenvalue weighted by Crippen LogP contribution is -2.29. The van der Waals surface area contributed by atoms with Crippen molar-refractivity contribution in [3.63, 3.8) is 0 Å². The number of nitrogens with zero attached hydrogens (tertiary/aromatic N) is 1. The molecule has 1 aliphatic heterocycles. The zero-order valence-electron chi connectivity index (χ0n) is 18.5. The molecule has 0 saturated carbocycles. The molecule has 33 heavy (non-hydrogen) atoms. The van der Waals surface area contributed by atoms with Crippen molar-refractivity contribution >= 4 is 35.1 Å². The van der Waals surface area contributed by atoms with E-state index < -0.39 is 30.3 Å². The Morgan fingerprint density at radius 1 is 0.848 bits per heavy atom. The number of ether oxygens (including phenoxy) is 1. The summed E-state index contributed by atoms with van der Waals surface area (Å²) < 4.78 is 5.12. The molecule has 0 spiro atoms. The summed E-state index contributed by atoms with van der Waals surface area (Å²) in [5.74, 6) is -2.19. The monoisotopic (exact) mass is 442 g/mol. The Kier molecular flexibility index (Phi) is 5.79. The first-order chi connectivity index (χ1) is 15.8. The average Bonchev–Trinajstić information content (AvgIpc) is 3.04. The topological polar surface area (TPSA) is 92.8 Å². The van der Waals surface area contributed by atoms with Crippen LogP contribution in [0.2, 0.25) is 0 Å². The van der Waals surface area contributed by atoms with E-state index in [1.807, 2.05) is 51.1 Å². The smallest absolute Gasteiger partial charge is 0.338 e. The summed E-state index contributed by atoms with van der Waals surface area (Å²) in [6.45, 7) is 5.11. The van der Waals surface area contributed by atoms with E-state index in [9.17, 15) is 19.2 Å². The number of hydrogen-bond donors (Lipinski definition) is 1. The lowest BCUT2D eigenvalue weighted by atomic mass is 10.1. The van der Waals surface area contributed by atoms with Crippen molar-refractivity contribution in [1.82, 2.24) is 0 Å². The number of anilines is 2. The molecule has 0 radical (unpaired) electrons. The van der Waals surface area contributed by atoms with E-state index in [2.05, 4.69) is 5.32 Å². The van der Waals surface area contributed by atoms with Crippen molar-refractivity contribution in [2.75, 3.05) is 16.8 Å². The molecule has 0 aromatic heterocycles. The molecule has 166 valence electrons. The van der Waals surface area contributed by atoms with Crippen molar-refractivity contribution in [2.24, 2.45) is 0 Å². The number of hydrogen-bond acceptors (Lipinski definition) is 5. The van der Waals surface area contributed by atoms with Crippen LogP contribution in [0.3, 0.4) is 0 Å². The number of aryl methyl sites for hydroxylation is 3. The SMILES string of the molecule is Cc1ccc(C)c(NC(=O)COC(=O)c2ccc3c(c2)C(=O)N(c2ccccc2C)C3=O)c1. The number of nitrogens with one attached hydrogen (secondary N) is 1. The van der Waals surface area contributed by atoms with Crippen molar-refractivity contribution in [3.8, 4) is 0 Å². The van der Waals surface area contributed by atoms with Crippen molar-refractivity contribution in [1.29, 1.82) is 0 Å². The maximum Gasteiger partial charge on any atom is 0.338 e. The first-order valence-electron chi connectivity index (χ1n) is 10.4. The second-order valence-corrected chi connectivity index (χ2v) is 7.94. The fraction of sp³-hybridized carbons (Fsp3) is 0.154. The van der Waals surface area contributed by atoms with Gasteiger partial charge in [-0.05, 0) is 67.8 Å². The molecule has 1 N–H and O–H groups in total. The van der Waals surface area contributed by atoms with Crippen molar-refractivity contribution in [3.05, 3.63) is 94.0 Å². The van der Waals surface area contributed by atoms with Crippen molar-refractivity contribution in [2.45, 2.75) is 20.8 Å². The lowest BCUT2D eigenvalue weighted by Gasteiger charge is -2.16. The van der Waals surface area contributed by atoms with E-state index in [-0.39, 0.29) is 16.7 Å². The summed E-state index contributed by atoms with van der Waals surface area (Å²) in [5, 5.41) is 2.72. The third-order valence-corrected chi connectivity index (χ3v) is 5.48. The van der Waals surface area contributed by atoms with Gasteiger partial charge < -0.3 is 10.1 Å². The molecule has 0 atom stereocenters. The molecule has 0 aliphatic carbocycles. The molecular formula is C26H22N2O5. The molecule has 4 rings (SSSR count). The van der Waals surface area contributed by atoms with Gasteiger partial charge in [0.25, 0.3) is 17.7 Å². The molecule has 7 heteroatoms. The summed E-state index contributed by atoms with van der Waals surface area (Å²) in [6, 6.07) is 16.9. The van der Waals surface area contributed by atoms with E-state index in [0.717, 1.165) is 21.6 Å². The van der Waals surface area contributed by atoms with E-state index >= 15 is 0 Å². The van der Waals surface area contributed by atoms with Gasteiger partial charge in [-0.3, -0.25) is 14.4 Å². The highest BCUT2D eigenvalue weighted by molar-refractivity contribution is 6.35. The quantitative estimate of drug-likeness (QED) is 0.472. The maximum absolute atomic E-state index is 13.0. The number of esters is 1. The number of para-hydroxylation sites is 1. The normalized spacial score (nSPS) is 12.5. The van der Waals surface area contributed by atoms with E-state index in [0.29, 0.717) is 11.4 Å². The Morgan fingerprint density at radius 3 is 2.33 bits per heavy atom. The second-order valence-electron chi connectivity index (χ2n) is 7.94. The Hall–Kier alpha value is -4.26. The molecule has 0 unspecified atom stereocenters. The number of amides is 3. The highest BCUT2D eigenvalue weighted by atomic mass is 16.5. The number of carbonyl (C=O) groups is 4. The molecule has 0 bridgehead atoms. The van der Waals surface area contributed by atoms with Gasteiger partial charge in [0.05, 0.1) is 22.4 Å². The number of carbonyl (C=O) groups excluding carboxylic acids is 4. The molecule has 3 amide bonds. The zero-order chi connectivity index (χ0) is 23.7. The highest BCUT2D eigenvalue weighted by Gasteiger charge is 2.37. The van der Waals surface area contributed by atoms with Crippen LogP contribution in [0.15, 0.2) is 60.7 Å². The van der Waals surface area contributed by atoms with Crippen LogP contribution in [0, 0.1) is 20.8 Å². The fourth-order valence-electron chi connectivity index (χ4n) is 3.67. The van der Waals surface area contributed by atoms with Crippen LogP contribution >= 0.6 is 0 Å². The van der Waals surface area contributed by atoms with Crippen LogP contribution in [0.25, 0.3) is 0 Å². The zero-order valence-corrected chi connectivity index (χ0v) is 18.5. The Morgan fingerprint density at radius 2 is 1.58 bits per heavy atom. The van der Waals surface area contributed by atoms with Crippen LogP contribution in [-0.2, 0) is 9.53 Å². The van der Waals surface area contributed by atoms with Gasteiger partial charge in [0.2, 0.25) is 0 Å². The standard InChI is InChI=1S/C26H22N2O5/c1-15-8-9-16(2)21(12-15)27-23(29)14-33-26(32)18-10-11-19-20(13-18)25(31)28(24(19)30)22-7-5-4-6-17(22)3/h4-13H,14H2,1-3H3,(H,27,29). The summed E-state index contributed by atoms with van der Waals surface area (Å²) in [5.41, 5.74) is 4.22. The summed E-state index contributed by atoms with van der Waals surface area (Å²) in [6.07, 6.45) is 0. The predicted molar refractivity (Wildman–Crippen MR) is 124 cm³/mol. The molecule has 0 fully saturated rings. The minimum absolute atomic E-state index is 0.0843. The molecular weight excluding hydrogens is 420 g/mol. The van der Waals surface area contributed by atoms with E-state index in [1.54, 1.807) is 12.1 Å². The van der Waals surface area contributed by atoms with Crippen LogP contribution in [0.4, 0.5) is 11.4 Å². The molecule has 1 heterocycles. The average molecular weight is 442 g/mol. The van der Waals surface area contributed by atoms with Gasteiger partial charge in [0.1, 0.15) is 0 Å². The molecule has 0 saturated heterocycles. The van der Waals surface area contributed by atoms with Crippen molar-refractivity contribution < 1.29 is 23.9 Å². The van der Waals surface area contributed by atoms with E-state index in [1.165, 1.54) is 18.2 Å². The third kappa shape index (κ3) is 4.25. The number of imide groups is 1. The van der Waals surface area contributed by atoms with Gasteiger partial charge in [0, 0.05) is 5.69 Å². The molecule has 1 aliphatic rings. The van der Waals surface area contributed by atoms with Gasteiger partial charge in [-0.25, -0.2) is 9.69 Å². The Labute approximate surface area is 191 Å². The minimum atomic E-state index is -0.761.